The topological polar surface area (TPSA) is 59.3 Å². The van der Waals surface area contributed by atoms with Crippen LogP contribution in [-0.4, -0.2) is 24.0 Å². The summed E-state index contributed by atoms with van der Waals surface area (Å²) < 4.78 is 0. The summed E-state index contributed by atoms with van der Waals surface area (Å²) in [7, 11) is 3.93. The molecule has 0 aliphatic carbocycles. The number of para-hydroxylation sites is 1. The number of rotatable bonds is 3. The Morgan fingerprint density at radius 3 is 2.36 bits per heavy atom. The van der Waals surface area contributed by atoms with Gasteiger partial charge in [0.2, 0.25) is 0 Å². The van der Waals surface area contributed by atoms with Crippen molar-refractivity contribution in [3.05, 3.63) is 64.7 Å². The first-order chi connectivity index (χ1) is 10.6. The Hall–Kier alpha value is -2.95. The molecule has 0 radical (unpaired) electrons. The lowest BCUT2D eigenvalue weighted by Crippen LogP contribution is -2.07. The van der Waals surface area contributed by atoms with E-state index in [0.29, 0.717) is 16.6 Å². The maximum atomic E-state index is 11.3. The summed E-state index contributed by atoms with van der Waals surface area (Å²) in [5.74, 6) is 0. The van der Waals surface area contributed by atoms with Crippen LogP contribution >= 0.6 is 0 Å². The summed E-state index contributed by atoms with van der Waals surface area (Å²) in [6, 6.07) is 16.5. The minimum atomic E-state index is -0.359. The van der Waals surface area contributed by atoms with Gasteiger partial charge in [0.1, 0.15) is 0 Å². The molecule has 0 saturated carbocycles. The lowest BCUT2D eigenvalue weighted by Gasteiger charge is -2.12. The highest BCUT2D eigenvalue weighted by Gasteiger charge is 2.15. The molecule has 110 valence electrons. The minimum Gasteiger partial charge on any atom is -0.378 e. The van der Waals surface area contributed by atoms with Crippen LogP contribution in [-0.2, 0) is 0 Å². The lowest BCUT2D eigenvalue weighted by molar-refractivity contribution is -0.383. The van der Waals surface area contributed by atoms with Gasteiger partial charge in [-0.3, -0.25) is 10.1 Å². The predicted molar refractivity (Wildman–Crippen MR) is 88.2 cm³/mol. The largest absolute Gasteiger partial charge is 0.378 e. The Morgan fingerprint density at radius 1 is 1.05 bits per heavy atom. The van der Waals surface area contributed by atoms with Gasteiger partial charge in [0.25, 0.3) is 5.69 Å². The predicted octanol–water partition coefficient (Wildman–Crippen LogP) is 3.88. The van der Waals surface area contributed by atoms with Crippen LogP contribution in [0.2, 0.25) is 0 Å². The molecule has 0 fully saturated rings. The van der Waals surface area contributed by atoms with Crippen molar-refractivity contribution < 1.29 is 4.92 Å². The Bertz CT molecular complexity index is 842. The Labute approximate surface area is 128 Å². The van der Waals surface area contributed by atoms with Crippen LogP contribution < -0.4 is 4.90 Å². The molecule has 22 heavy (non-hydrogen) atoms. The van der Waals surface area contributed by atoms with Crippen molar-refractivity contribution in [1.29, 1.82) is 0 Å². The normalized spacial score (nSPS) is 10.6. The van der Waals surface area contributed by atoms with Crippen molar-refractivity contribution in [2.24, 2.45) is 0 Å². The van der Waals surface area contributed by atoms with E-state index in [1.807, 2.05) is 49.3 Å². The standard InChI is InChI=1S/C17H15N3O2/c1-19(2)13-9-7-12(8-10-13)16-11-17(20(21)22)14-5-3-4-6-15(14)18-16/h3-11H,1-2H3. The van der Waals surface area contributed by atoms with E-state index in [4.69, 9.17) is 0 Å². The van der Waals surface area contributed by atoms with Crippen LogP contribution in [0.25, 0.3) is 22.2 Å². The number of nitro groups is 1. The minimum absolute atomic E-state index is 0.0808. The van der Waals surface area contributed by atoms with Gasteiger partial charge in [-0.15, -0.1) is 0 Å². The van der Waals surface area contributed by atoms with E-state index in [0.717, 1.165) is 11.3 Å². The smallest absolute Gasteiger partial charge is 0.280 e. The van der Waals surface area contributed by atoms with E-state index < -0.39 is 0 Å². The average molecular weight is 293 g/mol. The van der Waals surface area contributed by atoms with Crippen LogP contribution in [0.1, 0.15) is 0 Å². The van der Waals surface area contributed by atoms with Gasteiger partial charge in [0.15, 0.2) is 0 Å². The third kappa shape index (κ3) is 2.48. The molecule has 3 aromatic rings. The maximum absolute atomic E-state index is 11.3. The van der Waals surface area contributed by atoms with E-state index in [-0.39, 0.29) is 10.6 Å². The van der Waals surface area contributed by atoms with E-state index in [9.17, 15) is 10.1 Å². The molecular formula is C17H15N3O2. The van der Waals surface area contributed by atoms with Gasteiger partial charge in [-0.25, -0.2) is 4.98 Å². The van der Waals surface area contributed by atoms with Crippen LogP contribution in [0.5, 0.6) is 0 Å². The highest BCUT2D eigenvalue weighted by molar-refractivity contribution is 5.90. The van der Waals surface area contributed by atoms with E-state index >= 15 is 0 Å². The number of anilines is 1. The van der Waals surface area contributed by atoms with Crippen LogP contribution in [0.3, 0.4) is 0 Å². The van der Waals surface area contributed by atoms with Crippen molar-refractivity contribution >= 4 is 22.3 Å². The fourth-order valence-electron chi connectivity index (χ4n) is 2.39. The molecule has 0 N–H and O–H groups in total. The summed E-state index contributed by atoms with van der Waals surface area (Å²) in [4.78, 5) is 17.5. The molecule has 2 aromatic carbocycles. The van der Waals surface area contributed by atoms with Gasteiger partial charge < -0.3 is 4.90 Å². The van der Waals surface area contributed by atoms with Gasteiger partial charge in [-0.1, -0.05) is 24.3 Å². The third-order valence-electron chi connectivity index (χ3n) is 3.57. The summed E-state index contributed by atoms with van der Waals surface area (Å²) in [5.41, 5.74) is 3.25. The third-order valence-corrected chi connectivity index (χ3v) is 3.57. The Morgan fingerprint density at radius 2 is 1.73 bits per heavy atom. The zero-order valence-electron chi connectivity index (χ0n) is 12.4. The first-order valence-electron chi connectivity index (χ1n) is 6.88. The molecule has 0 atom stereocenters. The molecule has 0 amide bonds. The summed E-state index contributed by atoms with van der Waals surface area (Å²) in [5, 5.41) is 11.9. The number of nitrogens with zero attached hydrogens (tertiary/aromatic N) is 3. The number of fused-ring (bicyclic) bond motifs is 1. The Balaban J connectivity index is 2.16. The zero-order chi connectivity index (χ0) is 15.7. The highest BCUT2D eigenvalue weighted by Crippen LogP contribution is 2.30. The molecule has 0 aliphatic rings. The van der Waals surface area contributed by atoms with Gasteiger partial charge >= 0.3 is 0 Å². The lowest BCUT2D eigenvalue weighted by atomic mass is 10.1. The number of benzene rings is 2. The van der Waals surface area contributed by atoms with Gasteiger partial charge in [-0.2, -0.15) is 0 Å². The second-order valence-electron chi connectivity index (χ2n) is 5.24. The summed E-state index contributed by atoms with van der Waals surface area (Å²) >= 11 is 0. The summed E-state index contributed by atoms with van der Waals surface area (Å²) in [6.45, 7) is 0. The van der Waals surface area contributed by atoms with Crippen molar-refractivity contribution in [1.82, 2.24) is 4.98 Å². The van der Waals surface area contributed by atoms with Crippen molar-refractivity contribution in [3.63, 3.8) is 0 Å². The zero-order valence-corrected chi connectivity index (χ0v) is 12.4. The molecule has 0 aliphatic heterocycles. The van der Waals surface area contributed by atoms with Gasteiger partial charge in [0, 0.05) is 31.4 Å². The number of pyridine rings is 1. The quantitative estimate of drug-likeness (QED) is 0.543. The van der Waals surface area contributed by atoms with E-state index in [2.05, 4.69) is 4.98 Å². The first kappa shape index (κ1) is 14.0. The van der Waals surface area contributed by atoms with Crippen LogP contribution in [0.4, 0.5) is 11.4 Å². The van der Waals surface area contributed by atoms with E-state index in [1.54, 1.807) is 18.2 Å². The molecule has 3 rings (SSSR count). The fraction of sp³-hybridized carbons (Fsp3) is 0.118. The fourth-order valence-corrected chi connectivity index (χ4v) is 2.39. The first-order valence-corrected chi connectivity index (χ1v) is 6.88. The molecule has 0 bridgehead atoms. The summed E-state index contributed by atoms with van der Waals surface area (Å²) in [6.07, 6.45) is 0. The molecule has 1 aromatic heterocycles. The molecule has 0 saturated heterocycles. The number of hydrogen-bond donors (Lipinski definition) is 0. The maximum Gasteiger partial charge on any atom is 0.280 e. The van der Waals surface area contributed by atoms with Crippen LogP contribution in [0.15, 0.2) is 54.6 Å². The molecule has 1 heterocycles. The van der Waals surface area contributed by atoms with Gasteiger partial charge in [-0.05, 0) is 24.3 Å². The molecule has 5 nitrogen and oxygen atoms in total. The second-order valence-corrected chi connectivity index (χ2v) is 5.24. The molecular weight excluding hydrogens is 278 g/mol. The van der Waals surface area contributed by atoms with E-state index in [1.165, 1.54) is 6.07 Å². The number of aromatic nitrogens is 1. The van der Waals surface area contributed by atoms with Crippen molar-refractivity contribution in [2.75, 3.05) is 19.0 Å². The van der Waals surface area contributed by atoms with Crippen molar-refractivity contribution in [2.45, 2.75) is 0 Å². The molecule has 0 spiro atoms. The second kappa shape index (κ2) is 5.44. The monoisotopic (exact) mass is 293 g/mol. The molecule has 5 heteroatoms. The number of hydrogen-bond acceptors (Lipinski definition) is 4. The molecule has 0 unspecified atom stereocenters. The highest BCUT2D eigenvalue weighted by atomic mass is 16.6. The van der Waals surface area contributed by atoms with Gasteiger partial charge in [0.05, 0.1) is 21.5 Å². The average Bonchev–Trinajstić information content (AvgIpc) is 2.53. The van der Waals surface area contributed by atoms with Crippen LogP contribution in [0, 0.1) is 10.1 Å². The van der Waals surface area contributed by atoms with Crippen molar-refractivity contribution in [3.8, 4) is 11.3 Å². The Kier molecular flexibility index (Phi) is 3.47. The SMILES string of the molecule is CN(C)c1ccc(-c2cc([N+](=O)[O-])c3ccccc3n2)cc1.